The average Bonchev–Trinajstić information content (AvgIpc) is 3.25. The minimum Gasteiger partial charge on any atom is -0.338 e. The molecule has 0 radical (unpaired) electrons. The van der Waals surface area contributed by atoms with Crippen LogP contribution in [0.2, 0.25) is 0 Å². The SMILES string of the molecule is CCn1nc(C)c(C(=O)N2CCC[C@@H](c3nccn3CC3CC3)C2)c1C. The minimum atomic E-state index is 0.129. The predicted octanol–water partition coefficient (Wildman–Crippen LogP) is 3.15. The van der Waals surface area contributed by atoms with Gasteiger partial charge in [0.15, 0.2) is 0 Å². The summed E-state index contributed by atoms with van der Waals surface area (Å²) >= 11 is 0. The van der Waals surface area contributed by atoms with Crippen molar-refractivity contribution >= 4 is 5.91 Å². The van der Waals surface area contributed by atoms with Gasteiger partial charge in [-0.05, 0) is 52.4 Å². The van der Waals surface area contributed by atoms with E-state index in [1.807, 2.05) is 29.6 Å². The van der Waals surface area contributed by atoms with Crippen LogP contribution in [0.4, 0.5) is 0 Å². The van der Waals surface area contributed by atoms with Crippen molar-refractivity contribution in [2.24, 2.45) is 5.92 Å². The molecule has 1 amide bonds. The quantitative estimate of drug-likeness (QED) is 0.828. The van der Waals surface area contributed by atoms with Crippen LogP contribution in [0.3, 0.4) is 0 Å². The molecule has 1 aliphatic heterocycles. The first-order valence-corrected chi connectivity index (χ1v) is 9.92. The molecule has 3 heterocycles. The molecule has 4 rings (SSSR count). The van der Waals surface area contributed by atoms with Gasteiger partial charge in [0, 0.05) is 50.2 Å². The number of imidazole rings is 1. The maximum absolute atomic E-state index is 13.2. The summed E-state index contributed by atoms with van der Waals surface area (Å²) in [5.41, 5.74) is 2.60. The van der Waals surface area contributed by atoms with Crippen molar-refractivity contribution in [3.63, 3.8) is 0 Å². The first-order chi connectivity index (χ1) is 12.6. The van der Waals surface area contributed by atoms with Crippen molar-refractivity contribution < 1.29 is 4.79 Å². The van der Waals surface area contributed by atoms with Crippen LogP contribution in [0.15, 0.2) is 12.4 Å². The van der Waals surface area contributed by atoms with E-state index in [0.717, 1.165) is 67.7 Å². The summed E-state index contributed by atoms with van der Waals surface area (Å²) in [6.45, 7) is 9.47. The molecule has 6 nitrogen and oxygen atoms in total. The molecule has 0 bridgehead atoms. The second kappa shape index (κ2) is 6.89. The smallest absolute Gasteiger partial charge is 0.257 e. The van der Waals surface area contributed by atoms with Crippen LogP contribution < -0.4 is 0 Å². The highest BCUT2D eigenvalue weighted by molar-refractivity contribution is 5.96. The van der Waals surface area contributed by atoms with E-state index in [-0.39, 0.29) is 5.91 Å². The predicted molar refractivity (Wildman–Crippen MR) is 100 cm³/mol. The lowest BCUT2D eigenvalue weighted by Crippen LogP contribution is -2.40. The summed E-state index contributed by atoms with van der Waals surface area (Å²) in [6, 6.07) is 0. The van der Waals surface area contributed by atoms with Crippen LogP contribution in [0.5, 0.6) is 0 Å². The lowest BCUT2D eigenvalue weighted by Gasteiger charge is -2.33. The molecule has 0 spiro atoms. The number of nitrogens with zero attached hydrogens (tertiary/aromatic N) is 5. The largest absolute Gasteiger partial charge is 0.338 e. The number of amides is 1. The minimum absolute atomic E-state index is 0.129. The van der Waals surface area contributed by atoms with E-state index in [1.165, 1.54) is 12.8 Å². The zero-order chi connectivity index (χ0) is 18.3. The molecule has 1 saturated heterocycles. The van der Waals surface area contributed by atoms with Gasteiger partial charge in [0.2, 0.25) is 0 Å². The van der Waals surface area contributed by atoms with E-state index in [1.54, 1.807) is 0 Å². The van der Waals surface area contributed by atoms with Crippen LogP contribution in [0.1, 0.15) is 66.1 Å². The van der Waals surface area contributed by atoms with Crippen LogP contribution in [-0.4, -0.2) is 43.2 Å². The first-order valence-electron chi connectivity index (χ1n) is 9.92. The van der Waals surface area contributed by atoms with Gasteiger partial charge >= 0.3 is 0 Å². The van der Waals surface area contributed by atoms with E-state index in [4.69, 9.17) is 0 Å². The van der Waals surface area contributed by atoms with Gasteiger partial charge in [-0.25, -0.2) is 4.98 Å². The zero-order valence-electron chi connectivity index (χ0n) is 16.1. The molecule has 2 aliphatic rings. The number of hydrogen-bond donors (Lipinski definition) is 0. The Labute approximate surface area is 155 Å². The third kappa shape index (κ3) is 3.17. The normalized spacial score (nSPS) is 20.6. The fourth-order valence-corrected chi connectivity index (χ4v) is 4.26. The Kier molecular flexibility index (Phi) is 4.59. The summed E-state index contributed by atoms with van der Waals surface area (Å²) in [5, 5.41) is 4.52. The number of aromatic nitrogens is 4. The second-order valence-corrected chi connectivity index (χ2v) is 7.83. The van der Waals surface area contributed by atoms with Crippen molar-refractivity contribution in [1.82, 2.24) is 24.2 Å². The first kappa shape index (κ1) is 17.3. The molecule has 1 saturated carbocycles. The highest BCUT2D eigenvalue weighted by atomic mass is 16.2. The number of carbonyl (C=O) groups is 1. The third-order valence-electron chi connectivity index (χ3n) is 5.87. The lowest BCUT2D eigenvalue weighted by molar-refractivity contribution is 0.0701. The number of rotatable bonds is 5. The Hall–Kier alpha value is -2.11. The van der Waals surface area contributed by atoms with Crippen LogP contribution >= 0.6 is 0 Å². The molecule has 0 aromatic carbocycles. The van der Waals surface area contributed by atoms with E-state index in [9.17, 15) is 4.79 Å². The molecule has 140 valence electrons. The molecule has 26 heavy (non-hydrogen) atoms. The molecule has 0 unspecified atom stereocenters. The molecule has 0 N–H and O–H groups in total. The van der Waals surface area contributed by atoms with Gasteiger partial charge in [-0.1, -0.05) is 0 Å². The average molecular weight is 355 g/mol. The van der Waals surface area contributed by atoms with Gasteiger partial charge in [-0.15, -0.1) is 0 Å². The van der Waals surface area contributed by atoms with Gasteiger partial charge < -0.3 is 9.47 Å². The molecule has 2 aromatic rings. The number of aryl methyl sites for hydroxylation is 2. The van der Waals surface area contributed by atoms with Crippen molar-refractivity contribution in [3.05, 3.63) is 35.2 Å². The monoisotopic (exact) mass is 355 g/mol. The Morgan fingerprint density at radius 2 is 2.08 bits per heavy atom. The Bertz CT molecular complexity index is 801. The number of hydrogen-bond acceptors (Lipinski definition) is 3. The van der Waals surface area contributed by atoms with Crippen LogP contribution in [-0.2, 0) is 13.1 Å². The summed E-state index contributed by atoms with van der Waals surface area (Å²) < 4.78 is 4.24. The van der Waals surface area contributed by atoms with Gasteiger partial charge in [0.05, 0.1) is 11.3 Å². The number of likely N-dealkylation sites (tertiary alicyclic amines) is 1. The Morgan fingerprint density at radius 3 is 2.77 bits per heavy atom. The highest BCUT2D eigenvalue weighted by Crippen LogP contribution is 2.33. The van der Waals surface area contributed by atoms with E-state index >= 15 is 0 Å². The van der Waals surface area contributed by atoms with Crippen molar-refractivity contribution in [3.8, 4) is 0 Å². The third-order valence-corrected chi connectivity index (χ3v) is 5.87. The molecule has 2 fully saturated rings. The lowest BCUT2D eigenvalue weighted by atomic mass is 9.96. The summed E-state index contributed by atoms with van der Waals surface area (Å²) in [5.74, 6) is 2.45. The van der Waals surface area contributed by atoms with Gasteiger partial charge in [0.1, 0.15) is 5.82 Å². The Balaban J connectivity index is 1.53. The summed E-state index contributed by atoms with van der Waals surface area (Å²) in [7, 11) is 0. The number of carbonyl (C=O) groups excluding carboxylic acids is 1. The maximum atomic E-state index is 13.2. The fourth-order valence-electron chi connectivity index (χ4n) is 4.26. The fraction of sp³-hybridized carbons (Fsp3) is 0.650. The standard InChI is InChI=1S/C20H29N5O/c1-4-25-15(3)18(14(2)22-25)20(26)24-10-5-6-17(13-24)19-21-9-11-23(19)12-16-7-8-16/h9,11,16-17H,4-8,10,12-13H2,1-3H3/t17-/m1/s1. The Morgan fingerprint density at radius 1 is 1.27 bits per heavy atom. The van der Waals surface area contributed by atoms with Crippen LogP contribution in [0, 0.1) is 19.8 Å². The second-order valence-electron chi connectivity index (χ2n) is 7.83. The van der Waals surface area contributed by atoms with E-state index in [2.05, 4.69) is 27.8 Å². The molecular formula is C20H29N5O. The van der Waals surface area contributed by atoms with Crippen LogP contribution in [0.25, 0.3) is 0 Å². The van der Waals surface area contributed by atoms with E-state index in [0.29, 0.717) is 5.92 Å². The summed E-state index contributed by atoms with van der Waals surface area (Å²) in [4.78, 5) is 19.9. The molecule has 2 aromatic heterocycles. The van der Waals surface area contributed by atoms with Crippen molar-refractivity contribution in [2.45, 2.75) is 65.5 Å². The molecule has 6 heteroatoms. The van der Waals surface area contributed by atoms with Gasteiger partial charge in [0.25, 0.3) is 5.91 Å². The molecule has 1 atom stereocenters. The number of piperidine rings is 1. The zero-order valence-corrected chi connectivity index (χ0v) is 16.1. The maximum Gasteiger partial charge on any atom is 0.257 e. The van der Waals surface area contributed by atoms with E-state index < -0.39 is 0 Å². The molecule has 1 aliphatic carbocycles. The van der Waals surface area contributed by atoms with Gasteiger partial charge in [-0.3, -0.25) is 9.48 Å². The topological polar surface area (TPSA) is 56.0 Å². The van der Waals surface area contributed by atoms with Crippen molar-refractivity contribution in [2.75, 3.05) is 13.1 Å². The summed E-state index contributed by atoms with van der Waals surface area (Å²) in [6.07, 6.45) is 8.84. The highest BCUT2D eigenvalue weighted by Gasteiger charge is 2.31. The van der Waals surface area contributed by atoms with Crippen molar-refractivity contribution in [1.29, 1.82) is 0 Å². The van der Waals surface area contributed by atoms with Gasteiger partial charge in [-0.2, -0.15) is 5.10 Å². The molecular weight excluding hydrogens is 326 g/mol.